The molecule has 0 heterocycles. The molecular weight excluding hydrogens is 188 g/mol. The molecule has 1 fully saturated rings. The van der Waals surface area contributed by atoms with Gasteiger partial charge in [0, 0.05) is 20.4 Å². The average molecular weight is 212 g/mol. The summed E-state index contributed by atoms with van der Waals surface area (Å²) in [5, 5.41) is 0. The molecule has 2 heteroatoms. The molecule has 1 aliphatic rings. The Morgan fingerprint density at radius 2 is 2.00 bits per heavy atom. The van der Waals surface area contributed by atoms with E-state index in [9.17, 15) is 4.79 Å². The van der Waals surface area contributed by atoms with E-state index in [2.05, 4.69) is 19.6 Å². The predicted octanol–water partition coefficient (Wildman–Crippen LogP) is 3.86. The maximum absolute atomic E-state index is 11.6. The monoisotopic (exact) mass is 212 g/mol. The Bertz CT molecular complexity index is 193. The number of hydrogen-bond donors (Lipinski definition) is 0. The van der Waals surface area contributed by atoms with Crippen molar-refractivity contribution in [3.8, 4) is 0 Å². The molecule has 0 N–H and O–H groups in total. The Hall–Kier alpha value is -0.113. The topological polar surface area (TPSA) is 17.1 Å². The number of hydrogen-bond acceptors (Lipinski definition) is 1. The Morgan fingerprint density at radius 1 is 1.29 bits per heavy atom. The first kappa shape index (κ1) is 12.0. The zero-order valence-corrected chi connectivity index (χ0v) is 10.9. The fraction of sp³-hybridized carbons (Fsp3) is 0.917. The molecule has 1 atom stereocenters. The second-order valence-electron chi connectivity index (χ2n) is 5.86. The van der Waals surface area contributed by atoms with E-state index in [1.165, 1.54) is 31.7 Å². The zero-order chi connectivity index (χ0) is 10.6. The molecule has 0 spiro atoms. The van der Waals surface area contributed by atoms with Crippen LogP contribution in [0.25, 0.3) is 0 Å². The predicted molar refractivity (Wildman–Crippen MR) is 64.4 cm³/mol. The quantitative estimate of drug-likeness (QED) is 0.647. The van der Waals surface area contributed by atoms with Gasteiger partial charge in [0.25, 0.3) is 0 Å². The Kier molecular flexibility index (Phi) is 4.36. The van der Waals surface area contributed by atoms with Crippen LogP contribution in [-0.2, 0) is 4.79 Å². The lowest BCUT2D eigenvalue weighted by molar-refractivity contribution is -0.124. The molecule has 0 saturated heterocycles. The van der Waals surface area contributed by atoms with E-state index in [4.69, 9.17) is 0 Å². The molecule has 0 aromatic heterocycles. The normalized spacial score (nSPS) is 23.9. The van der Waals surface area contributed by atoms with Crippen LogP contribution in [0.4, 0.5) is 0 Å². The lowest BCUT2D eigenvalue weighted by Crippen LogP contribution is -2.22. The molecule has 0 aliphatic heterocycles. The second-order valence-corrected chi connectivity index (χ2v) is 11.5. The highest BCUT2D eigenvalue weighted by molar-refractivity contribution is 6.76. The smallest absolute Gasteiger partial charge is 0.135 e. The molecule has 0 aromatic carbocycles. The van der Waals surface area contributed by atoms with E-state index < -0.39 is 8.07 Å². The van der Waals surface area contributed by atoms with Crippen LogP contribution in [0.15, 0.2) is 0 Å². The number of Topliss-reactive ketones (excluding diaryl/α,β-unsaturated/α-hetero) is 1. The summed E-state index contributed by atoms with van der Waals surface area (Å²) in [6.07, 6.45) is 6.91. The highest BCUT2D eigenvalue weighted by Gasteiger charge is 2.22. The molecule has 1 saturated carbocycles. The minimum atomic E-state index is -0.875. The summed E-state index contributed by atoms with van der Waals surface area (Å²) in [5.41, 5.74) is 0. The van der Waals surface area contributed by atoms with Gasteiger partial charge in [0.2, 0.25) is 0 Å². The van der Waals surface area contributed by atoms with Crippen LogP contribution in [-0.4, -0.2) is 13.9 Å². The third-order valence-corrected chi connectivity index (χ3v) is 5.01. The van der Waals surface area contributed by atoms with Crippen LogP contribution >= 0.6 is 0 Å². The third kappa shape index (κ3) is 4.40. The van der Waals surface area contributed by atoms with E-state index in [1.807, 2.05) is 0 Å². The van der Waals surface area contributed by atoms with E-state index in [0.717, 1.165) is 12.8 Å². The van der Waals surface area contributed by atoms with E-state index in [-0.39, 0.29) is 0 Å². The fourth-order valence-electron chi connectivity index (χ4n) is 2.24. The molecular formula is C12H24OSi. The van der Waals surface area contributed by atoms with Gasteiger partial charge in [0.05, 0.1) is 0 Å². The first-order chi connectivity index (χ1) is 6.49. The third-order valence-electron chi connectivity index (χ3n) is 3.16. The van der Waals surface area contributed by atoms with Gasteiger partial charge in [-0.2, -0.15) is 0 Å². The maximum Gasteiger partial charge on any atom is 0.135 e. The summed E-state index contributed by atoms with van der Waals surface area (Å²) >= 11 is 0. The molecule has 82 valence electrons. The van der Waals surface area contributed by atoms with E-state index in [0.29, 0.717) is 11.7 Å². The van der Waals surface area contributed by atoms with Gasteiger partial charge in [-0.15, -0.1) is 0 Å². The Morgan fingerprint density at radius 3 is 2.57 bits per heavy atom. The van der Waals surface area contributed by atoms with Gasteiger partial charge < -0.3 is 0 Å². The van der Waals surface area contributed by atoms with Gasteiger partial charge in [0.15, 0.2) is 0 Å². The number of carbonyl (C=O) groups excluding carboxylic acids is 1. The van der Waals surface area contributed by atoms with Crippen LogP contribution in [0.5, 0.6) is 0 Å². The van der Waals surface area contributed by atoms with Gasteiger partial charge in [-0.25, -0.2) is 0 Å². The minimum Gasteiger partial charge on any atom is -0.299 e. The highest BCUT2D eigenvalue weighted by Crippen LogP contribution is 2.26. The van der Waals surface area contributed by atoms with Crippen molar-refractivity contribution < 1.29 is 4.79 Å². The minimum absolute atomic E-state index is 0.431. The van der Waals surface area contributed by atoms with Crippen LogP contribution in [0, 0.1) is 5.92 Å². The lowest BCUT2D eigenvalue weighted by atomic mass is 9.85. The zero-order valence-electron chi connectivity index (χ0n) is 9.94. The van der Waals surface area contributed by atoms with Crippen molar-refractivity contribution >= 4 is 13.9 Å². The van der Waals surface area contributed by atoms with Gasteiger partial charge >= 0.3 is 0 Å². The summed E-state index contributed by atoms with van der Waals surface area (Å²) in [5.74, 6) is 0.979. The molecule has 1 unspecified atom stereocenters. The number of carbonyl (C=O) groups is 1. The lowest BCUT2D eigenvalue weighted by Gasteiger charge is -2.22. The van der Waals surface area contributed by atoms with Crippen LogP contribution in [0.1, 0.15) is 38.5 Å². The molecule has 0 amide bonds. The van der Waals surface area contributed by atoms with Gasteiger partial charge in [-0.1, -0.05) is 38.5 Å². The second kappa shape index (κ2) is 5.10. The van der Waals surface area contributed by atoms with Crippen molar-refractivity contribution in [1.82, 2.24) is 0 Å². The van der Waals surface area contributed by atoms with Crippen LogP contribution < -0.4 is 0 Å². The van der Waals surface area contributed by atoms with Crippen molar-refractivity contribution in [3.63, 3.8) is 0 Å². The van der Waals surface area contributed by atoms with Crippen molar-refractivity contribution in [2.45, 2.75) is 64.2 Å². The summed E-state index contributed by atoms with van der Waals surface area (Å²) in [6, 6.07) is 1.39. The van der Waals surface area contributed by atoms with Crippen LogP contribution in [0.2, 0.25) is 25.7 Å². The summed E-state index contributed by atoms with van der Waals surface area (Å²) in [7, 11) is -0.875. The molecule has 0 aromatic rings. The van der Waals surface area contributed by atoms with Gasteiger partial charge in [-0.3, -0.25) is 4.79 Å². The molecule has 0 bridgehead atoms. The summed E-state index contributed by atoms with van der Waals surface area (Å²) in [4.78, 5) is 11.6. The molecule has 0 radical (unpaired) electrons. The number of rotatable bonds is 4. The van der Waals surface area contributed by atoms with Gasteiger partial charge in [0.1, 0.15) is 5.78 Å². The van der Waals surface area contributed by atoms with E-state index in [1.54, 1.807) is 0 Å². The Balaban J connectivity index is 2.20. The highest BCUT2D eigenvalue weighted by atomic mass is 28.3. The molecule has 1 aliphatic carbocycles. The van der Waals surface area contributed by atoms with Gasteiger partial charge in [-0.05, 0) is 19.3 Å². The summed E-state index contributed by atoms with van der Waals surface area (Å²) < 4.78 is 0. The molecule has 1 nitrogen and oxygen atoms in total. The first-order valence-electron chi connectivity index (χ1n) is 6.02. The molecule has 14 heavy (non-hydrogen) atoms. The van der Waals surface area contributed by atoms with Crippen molar-refractivity contribution in [2.24, 2.45) is 5.92 Å². The first-order valence-corrected chi connectivity index (χ1v) is 9.72. The number of ketones is 1. The van der Waals surface area contributed by atoms with Crippen molar-refractivity contribution in [2.75, 3.05) is 0 Å². The standard InChI is InChI=1S/C12H24OSi/c1-14(2,3)10-6-8-11-7-4-5-9-12(11)13/h11H,4-10H2,1-3H3. The summed E-state index contributed by atoms with van der Waals surface area (Å²) in [6.45, 7) is 7.24. The molecule has 1 rings (SSSR count). The Labute approximate surface area is 89.3 Å². The largest absolute Gasteiger partial charge is 0.299 e. The SMILES string of the molecule is C[Si](C)(C)CCCC1CCCCC1=O. The van der Waals surface area contributed by atoms with E-state index >= 15 is 0 Å². The average Bonchev–Trinajstić information content (AvgIpc) is 2.06. The fourth-order valence-corrected chi connectivity index (χ4v) is 3.50. The maximum atomic E-state index is 11.6. The van der Waals surface area contributed by atoms with Crippen LogP contribution in [0.3, 0.4) is 0 Å². The van der Waals surface area contributed by atoms with Crippen molar-refractivity contribution in [1.29, 1.82) is 0 Å². The van der Waals surface area contributed by atoms with Crippen molar-refractivity contribution in [3.05, 3.63) is 0 Å².